The number of rotatable bonds is 3. The fourth-order valence-corrected chi connectivity index (χ4v) is 3.43. The Morgan fingerprint density at radius 1 is 1.46 bits per heavy atom. The van der Waals surface area contributed by atoms with Crippen LogP contribution in [0.15, 0.2) is 34.9 Å². The Morgan fingerprint density at radius 3 is 3.00 bits per heavy atom. The molecule has 8 heteroatoms. The minimum Gasteiger partial charge on any atom is -0.497 e. The molecule has 0 amide bonds. The van der Waals surface area contributed by atoms with E-state index in [4.69, 9.17) is 4.74 Å². The van der Waals surface area contributed by atoms with E-state index >= 15 is 0 Å². The third kappa shape index (κ3) is 1.99. The molecule has 0 fully saturated rings. The second-order valence-electron chi connectivity index (χ2n) is 5.86. The molecule has 1 N–H and O–H groups in total. The molecule has 24 heavy (non-hydrogen) atoms. The Morgan fingerprint density at radius 2 is 2.29 bits per heavy atom. The Labute approximate surface area is 138 Å². The normalized spacial score (nSPS) is 21.0. The molecule has 2 aromatic rings. The molecule has 0 radical (unpaired) electrons. The third-order valence-corrected chi connectivity index (χ3v) is 4.61. The first-order valence-electron chi connectivity index (χ1n) is 7.79. The van der Waals surface area contributed by atoms with Crippen molar-refractivity contribution in [1.82, 2.24) is 14.6 Å². The van der Waals surface area contributed by atoms with Crippen LogP contribution < -0.4 is 4.74 Å². The van der Waals surface area contributed by atoms with Gasteiger partial charge in [0.25, 0.3) is 0 Å². The highest BCUT2D eigenvalue weighted by Crippen LogP contribution is 2.42. The minimum atomic E-state index is -1.04. The van der Waals surface area contributed by atoms with Crippen LogP contribution in [0.3, 0.4) is 0 Å². The molecule has 2 atom stereocenters. The third-order valence-electron chi connectivity index (χ3n) is 4.61. The van der Waals surface area contributed by atoms with Gasteiger partial charge in [0.15, 0.2) is 5.69 Å². The number of methoxy groups -OCH3 is 1. The highest BCUT2D eigenvalue weighted by atomic mass is 16.5. The van der Waals surface area contributed by atoms with E-state index in [1.54, 1.807) is 13.4 Å². The molecule has 0 saturated carbocycles. The van der Waals surface area contributed by atoms with Crippen LogP contribution in [-0.4, -0.2) is 38.8 Å². The zero-order chi connectivity index (χ0) is 16.8. The van der Waals surface area contributed by atoms with Gasteiger partial charge in [0, 0.05) is 5.56 Å². The topological polar surface area (TPSA) is 92.3 Å². The SMILES string of the molecule is CCC1N=NN2Cc3c(C(=O)O)ncn3-c3ccc(OC)cc3C12. The molecule has 1 aromatic heterocycles. The van der Waals surface area contributed by atoms with Gasteiger partial charge in [0.05, 0.1) is 31.1 Å². The Balaban J connectivity index is 1.96. The number of hydrogen-bond donors (Lipinski definition) is 1. The van der Waals surface area contributed by atoms with E-state index in [2.05, 4.69) is 22.2 Å². The average Bonchev–Trinajstić information content (AvgIpc) is 3.16. The first-order chi connectivity index (χ1) is 11.6. The van der Waals surface area contributed by atoms with Crippen LogP contribution in [-0.2, 0) is 6.54 Å². The lowest BCUT2D eigenvalue weighted by atomic mass is 9.96. The summed E-state index contributed by atoms with van der Waals surface area (Å²) >= 11 is 0. The van der Waals surface area contributed by atoms with Crippen LogP contribution in [0.5, 0.6) is 5.75 Å². The lowest BCUT2D eigenvalue weighted by Crippen LogP contribution is -2.25. The van der Waals surface area contributed by atoms with Gasteiger partial charge >= 0.3 is 5.97 Å². The summed E-state index contributed by atoms with van der Waals surface area (Å²) in [4.78, 5) is 15.6. The minimum absolute atomic E-state index is 0.0294. The Hall–Kier alpha value is -2.90. The fraction of sp³-hybridized carbons (Fsp3) is 0.375. The van der Waals surface area contributed by atoms with Crippen LogP contribution >= 0.6 is 0 Å². The predicted octanol–water partition coefficient (Wildman–Crippen LogP) is 2.60. The number of fused-ring (bicyclic) bond motifs is 5. The number of aromatic nitrogens is 2. The Kier molecular flexibility index (Phi) is 3.26. The fourth-order valence-electron chi connectivity index (χ4n) is 3.43. The molecular formula is C16H17N5O3. The number of benzene rings is 1. The van der Waals surface area contributed by atoms with E-state index in [9.17, 15) is 9.90 Å². The van der Waals surface area contributed by atoms with E-state index in [1.807, 2.05) is 27.8 Å². The molecule has 0 spiro atoms. The number of hydrogen-bond acceptors (Lipinski definition) is 6. The standard InChI is InChI=1S/C16H17N5O3/c1-3-11-15-10-6-9(24-2)4-5-12(10)20-8-17-14(16(22)23)13(20)7-21(15)19-18-11/h4-6,8,11,15H,3,7H2,1-2H3,(H,22,23). The molecule has 8 nitrogen and oxygen atoms in total. The summed E-state index contributed by atoms with van der Waals surface area (Å²) in [5, 5.41) is 19.9. The summed E-state index contributed by atoms with van der Waals surface area (Å²) in [6.07, 6.45) is 2.41. The number of ether oxygens (including phenoxy) is 1. The number of carbonyl (C=O) groups is 1. The van der Waals surface area contributed by atoms with Crippen molar-refractivity contribution in [2.45, 2.75) is 32.0 Å². The van der Waals surface area contributed by atoms with Crippen molar-refractivity contribution in [1.29, 1.82) is 0 Å². The molecule has 2 unspecified atom stereocenters. The molecular weight excluding hydrogens is 310 g/mol. The molecule has 2 aliphatic rings. The van der Waals surface area contributed by atoms with E-state index < -0.39 is 5.97 Å². The lowest BCUT2D eigenvalue weighted by molar-refractivity contribution is 0.0688. The van der Waals surface area contributed by atoms with Gasteiger partial charge in [-0.3, -0.25) is 5.01 Å². The second-order valence-corrected chi connectivity index (χ2v) is 5.86. The highest BCUT2D eigenvalue weighted by molar-refractivity contribution is 5.87. The van der Waals surface area contributed by atoms with Gasteiger partial charge in [-0.1, -0.05) is 12.1 Å². The van der Waals surface area contributed by atoms with E-state index in [1.165, 1.54) is 0 Å². The number of imidazole rings is 1. The van der Waals surface area contributed by atoms with Gasteiger partial charge in [-0.2, -0.15) is 5.11 Å². The summed E-state index contributed by atoms with van der Waals surface area (Å²) in [6.45, 7) is 2.42. The quantitative estimate of drug-likeness (QED) is 0.935. The number of nitrogens with zero attached hydrogens (tertiary/aromatic N) is 5. The maximum Gasteiger partial charge on any atom is 0.356 e. The lowest BCUT2D eigenvalue weighted by Gasteiger charge is -2.24. The smallest absolute Gasteiger partial charge is 0.356 e. The summed E-state index contributed by atoms with van der Waals surface area (Å²) in [5.41, 5.74) is 2.56. The Bertz CT molecular complexity index is 844. The van der Waals surface area contributed by atoms with Gasteiger partial charge < -0.3 is 14.4 Å². The largest absolute Gasteiger partial charge is 0.497 e. The molecule has 0 saturated heterocycles. The first-order valence-corrected chi connectivity index (χ1v) is 7.79. The van der Waals surface area contributed by atoms with Crippen LogP contribution in [0.25, 0.3) is 5.69 Å². The highest BCUT2D eigenvalue weighted by Gasteiger charge is 2.39. The van der Waals surface area contributed by atoms with Crippen molar-refractivity contribution in [3.05, 3.63) is 41.5 Å². The second kappa shape index (κ2) is 5.33. The van der Waals surface area contributed by atoms with Crippen LogP contribution in [0, 0.1) is 0 Å². The maximum atomic E-state index is 11.5. The number of carboxylic acid groups (broad SMARTS) is 1. The van der Waals surface area contributed by atoms with Gasteiger partial charge in [0.2, 0.25) is 0 Å². The van der Waals surface area contributed by atoms with Gasteiger partial charge in [-0.25, -0.2) is 9.78 Å². The van der Waals surface area contributed by atoms with Gasteiger partial charge in [-0.05, 0) is 24.6 Å². The zero-order valence-electron chi connectivity index (χ0n) is 13.4. The summed E-state index contributed by atoms with van der Waals surface area (Å²) in [7, 11) is 1.63. The van der Waals surface area contributed by atoms with Crippen LogP contribution in [0.2, 0.25) is 0 Å². The van der Waals surface area contributed by atoms with Crippen molar-refractivity contribution < 1.29 is 14.6 Å². The summed E-state index contributed by atoms with van der Waals surface area (Å²) in [5.74, 6) is -0.294. The summed E-state index contributed by atoms with van der Waals surface area (Å²) < 4.78 is 7.20. The maximum absolute atomic E-state index is 11.5. The van der Waals surface area contributed by atoms with Crippen LogP contribution in [0.1, 0.15) is 41.1 Å². The van der Waals surface area contributed by atoms with Gasteiger partial charge in [-0.15, -0.1) is 0 Å². The van der Waals surface area contributed by atoms with E-state index in [0.717, 1.165) is 23.4 Å². The van der Waals surface area contributed by atoms with Crippen LogP contribution in [0.4, 0.5) is 0 Å². The van der Waals surface area contributed by atoms with Crippen molar-refractivity contribution in [2.24, 2.45) is 10.3 Å². The van der Waals surface area contributed by atoms with Gasteiger partial charge in [0.1, 0.15) is 18.1 Å². The first kappa shape index (κ1) is 14.7. The average molecular weight is 327 g/mol. The molecule has 4 rings (SSSR count). The monoisotopic (exact) mass is 327 g/mol. The molecule has 0 aliphatic carbocycles. The molecule has 1 aromatic carbocycles. The van der Waals surface area contributed by atoms with Crippen molar-refractivity contribution >= 4 is 5.97 Å². The van der Waals surface area contributed by atoms with E-state index in [0.29, 0.717) is 12.2 Å². The molecule has 0 bridgehead atoms. The molecule has 2 aliphatic heterocycles. The number of carboxylic acids is 1. The van der Waals surface area contributed by atoms with Crippen molar-refractivity contribution in [2.75, 3.05) is 7.11 Å². The van der Waals surface area contributed by atoms with Crippen molar-refractivity contribution in [3.63, 3.8) is 0 Å². The zero-order valence-corrected chi connectivity index (χ0v) is 13.4. The molecule has 3 heterocycles. The number of aromatic carboxylic acids is 1. The molecule has 124 valence electrons. The predicted molar refractivity (Wildman–Crippen MR) is 84.3 cm³/mol. The van der Waals surface area contributed by atoms with Crippen molar-refractivity contribution in [3.8, 4) is 11.4 Å². The summed E-state index contributed by atoms with van der Waals surface area (Å²) in [6, 6.07) is 5.76. The van der Waals surface area contributed by atoms with E-state index in [-0.39, 0.29) is 17.8 Å².